The summed E-state index contributed by atoms with van der Waals surface area (Å²) in [6, 6.07) is 34.2. The molecule has 4 aromatic rings. The molecule has 0 saturated carbocycles. The van der Waals surface area contributed by atoms with Gasteiger partial charge in [0.15, 0.2) is 0 Å². The summed E-state index contributed by atoms with van der Waals surface area (Å²) in [4.78, 5) is 14.4. The summed E-state index contributed by atoms with van der Waals surface area (Å²) in [7, 11) is -3.77. The molecule has 0 unspecified atom stereocenters. The summed E-state index contributed by atoms with van der Waals surface area (Å²) in [5.41, 5.74) is 3.21. The van der Waals surface area contributed by atoms with Gasteiger partial charge in [-0.3, -0.25) is 0 Å². The van der Waals surface area contributed by atoms with Crippen molar-refractivity contribution in [3.8, 4) is 11.8 Å². The van der Waals surface area contributed by atoms with Gasteiger partial charge in [0.1, 0.15) is 18.5 Å². The van der Waals surface area contributed by atoms with Crippen LogP contribution in [0, 0.1) is 11.3 Å². The zero-order valence-electron chi connectivity index (χ0n) is 24.8. The first kappa shape index (κ1) is 31.5. The zero-order chi connectivity index (χ0) is 31.5. The lowest BCUT2D eigenvalue weighted by molar-refractivity contribution is 0.0638. The van der Waals surface area contributed by atoms with Crippen molar-refractivity contribution in [1.29, 1.82) is 5.26 Å². The highest BCUT2D eigenvalue weighted by molar-refractivity contribution is 7.89. The number of hydrogen-bond donors (Lipinski definition) is 1. The van der Waals surface area contributed by atoms with E-state index in [0.717, 1.165) is 16.7 Å². The predicted molar refractivity (Wildman–Crippen MR) is 173 cm³/mol. The Hall–Kier alpha value is -4.91. The smallest absolute Gasteiger partial charge is 0.410 e. The number of amides is 1. The van der Waals surface area contributed by atoms with E-state index in [1.807, 2.05) is 66.7 Å². The van der Waals surface area contributed by atoms with Crippen molar-refractivity contribution in [3.63, 3.8) is 0 Å². The second-order valence-electron chi connectivity index (χ2n) is 10.8. The molecule has 0 aliphatic carbocycles. The quantitative estimate of drug-likeness (QED) is 0.209. The van der Waals surface area contributed by atoms with Crippen molar-refractivity contribution in [3.05, 3.63) is 138 Å². The van der Waals surface area contributed by atoms with Crippen molar-refractivity contribution in [2.45, 2.75) is 42.9 Å². The molecule has 1 aliphatic heterocycles. The van der Waals surface area contributed by atoms with Crippen LogP contribution in [0.4, 0.5) is 4.79 Å². The van der Waals surface area contributed by atoms with Crippen molar-refractivity contribution in [2.75, 3.05) is 13.1 Å². The fourth-order valence-corrected chi connectivity index (χ4v) is 6.28. The van der Waals surface area contributed by atoms with Crippen molar-refractivity contribution < 1.29 is 22.7 Å². The lowest BCUT2D eigenvalue weighted by Crippen LogP contribution is -2.42. The molecule has 1 amide bonds. The number of nitrogens with zero attached hydrogens (tertiary/aromatic N) is 2. The molecule has 8 nitrogen and oxygen atoms in total. The fraction of sp³-hybridized carbons (Fsp3) is 0.222. The number of sulfonamides is 1. The molecule has 0 radical (unpaired) electrons. The van der Waals surface area contributed by atoms with E-state index in [-0.39, 0.29) is 23.7 Å². The normalized spacial score (nSPS) is 14.5. The number of nitrogens with one attached hydrogen (secondary N) is 1. The maximum absolute atomic E-state index is 13.1. The average Bonchev–Trinajstić information content (AvgIpc) is 3.08. The molecule has 1 aliphatic rings. The predicted octanol–water partition coefficient (Wildman–Crippen LogP) is 6.34. The third kappa shape index (κ3) is 9.29. The lowest BCUT2D eigenvalue weighted by Gasteiger charge is -2.31. The van der Waals surface area contributed by atoms with Crippen LogP contribution in [0.25, 0.3) is 6.08 Å². The van der Waals surface area contributed by atoms with Crippen LogP contribution in [0.2, 0.25) is 0 Å². The molecular formula is C36H35N3O5S. The van der Waals surface area contributed by atoms with Crippen LogP contribution < -0.4 is 9.46 Å². The van der Waals surface area contributed by atoms with Crippen molar-refractivity contribution in [1.82, 2.24) is 9.62 Å². The first-order valence-corrected chi connectivity index (χ1v) is 16.3. The number of carbonyl (C=O) groups is 1. The summed E-state index contributed by atoms with van der Waals surface area (Å²) in [5.74, 6) is 0.717. The number of hydrogen-bond acceptors (Lipinski definition) is 6. The van der Waals surface area contributed by atoms with Gasteiger partial charge in [0, 0.05) is 32.0 Å². The second-order valence-corrected chi connectivity index (χ2v) is 12.5. The van der Waals surface area contributed by atoms with E-state index >= 15 is 0 Å². The molecule has 230 valence electrons. The first-order chi connectivity index (χ1) is 21.9. The van der Waals surface area contributed by atoms with Crippen molar-refractivity contribution >= 4 is 22.2 Å². The van der Waals surface area contributed by atoms with Gasteiger partial charge in [0.25, 0.3) is 0 Å². The van der Waals surface area contributed by atoms with Crippen LogP contribution in [-0.2, 0) is 27.8 Å². The Morgan fingerprint density at radius 2 is 1.60 bits per heavy atom. The maximum atomic E-state index is 13.1. The summed E-state index contributed by atoms with van der Waals surface area (Å²) >= 11 is 0. The van der Waals surface area contributed by atoms with Crippen LogP contribution in [0.15, 0.2) is 120 Å². The number of nitriles is 1. The number of likely N-dealkylation sites (tertiary alicyclic amines) is 1. The molecule has 5 rings (SSSR count). The highest BCUT2D eigenvalue weighted by atomic mass is 32.2. The molecule has 45 heavy (non-hydrogen) atoms. The summed E-state index contributed by atoms with van der Waals surface area (Å²) < 4.78 is 40.8. The SMILES string of the molecule is N#Cc1cccc(C=C[C@H](Cc2ccc(OC3CCN(C(=O)OCc4ccccc4)CC3)cc2)NS(=O)(=O)c2ccccc2)c1. The second kappa shape index (κ2) is 15.2. The maximum Gasteiger partial charge on any atom is 0.410 e. The van der Waals surface area contributed by atoms with Crippen molar-refractivity contribution in [2.24, 2.45) is 0 Å². The van der Waals surface area contributed by atoms with Gasteiger partial charge in [-0.15, -0.1) is 0 Å². The minimum atomic E-state index is -3.77. The lowest BCUT2D eigenvalue weighted by atomic mass is 10.0. The molecule has 1 atom stereocenters. The molecule has 0 aromatic heterocycles. The molecule has 1 heterocycles. The molecule has 4 aromatic carbocycles. The monoisotopic (exact) mass is 621 g/mol. The van der Waals surface area contributed by atoms with Crippen LogP contribution in [0.5, 0.6) is 5.75 Å². The Morgan fingerprint density at radius 1 is 0.911 bits per heavy atom. The average molecular weight is 622 g/mol. The number of rotatable bonds is 11. The van der Waals surface area contributed by atoms with E-state index in [1.165, 1.54) is 0 Å². The summed E-state index contributed by atoms with van der Waals surface area (Å²) in [6.07, 6.45) is 5.09. The van der Waals surface area contributed by atoms with Gasteiger partial charge in [-0.1, -0.05) is 84.9 Å². The molecule has 0 spiro atoms. The molecular weight excluding hydrogens is 586 g/mol. The molecule has 0 bridgehead atoms. The molecule has 1 fully saturated rings. The van der Waals surface area contributed by atoms with Gasteiger partial charge in [0.2, 0.25) is 10.0 Å². The third-order valence-corrected chi connectivity index (χ3v) is 8.99. The number of piperidine rings is 1. The highest BCUT2D eigenvalue weighted by Gasteiger charge is 2.25. The van der Waals surface area contributed by atoms with Crippen LogP contribution in [0.1, 0.15) is 35.1 Å². The molecule has 9 heteroatoms. The van der Waals surface area contributed by atoms with Gasteiger partial charge in [-0.25, -0.2) is 17.9 Å². The standard InChI is InChI=1S/C36H35N3O5S/c37-26-31-11-7-10-28(24-31)14-17-32(38-45(41,42)35-12-5-2-6-13-35)25-29-15-18-33(19-16-29)44-34-20-22-39(23-21-34)36(40)43-27-30-8-3-1-4-9-30/h1-19,24,32,34,38H,20-23,25,27H2/t32-/m1/s1. The minimum absolute atomic E-state index is 0.0217. The molecule has 1 saturated heterocycles. The van der Waals surface area contributed by atoms with E-state index < -0.39 is 16.1 Å². The van der Waals surface area contributed by atoms with Gasteiger partial charge in [-0.05, 0) is 59.5 Å². The Balaban J connectivity index is 1.18. The van der Waals surface area contributed by atoms with E-state index in [9.17, 15) is 18.5 Å². The Bertz CT molecular complexity index is 1730. The van der Waals surface area contributed by atoms with E-state index in [1.54, 1.807) is 59.5 Å². The van der Waals surface area contributed by atoms with Gasteiger partial charge < -0.3 is 14.4 Å². The summed E-state index contributed by atoms with van der Waals surface area (Å²) in [5, 5.41) is 9.23. The van der Waals surface area contributed by atoms with E-state index in [4.69, 9.17) is 9.47 Å². The number of ether oxygens (including phenoxy) is 2. The fourth-order valence-electron chi connectivity index (χ4n) is 5.07. The Labute approximate surface area is 264 Å². The zero-order valence-corrected chi connectivity index (χ0v) is 25.6. The van der Waals surface area contributed by atoms with Gasteiger partial charge in [-0.2, -0.15) is 5.26 Å². The van der Waals surface area contributed by atoms with Gasteiger partial charge >= 0.3 is 6.09 Å². The topological polar surface area (TPSA) is 109 Å². The Morgan fingerprint density at radius 3 is 2.29 bits per heavy atom. The third-order valence-electron chi connectivity index (χ3n) is 7.48. The largest absolute Gasteiger partial charge is 0.490 e. The van der Waals surface area contributed by atoms with Gasteiger partial charge in [0.05, 0.1) is 16.5 Å². The molecule has 1 N–H and O–H groups in total. The van der Waals surface area contributed by atoms with Crippen LogP contribution >= 0.6 is 0 Å². The van der Waals surface area contributed by atoms with Crippen LogP contribution in [0.3, 0.4) is 0 Å². The highest BCUT2D eigenvalue weighted by Crippen LogP contribution is 2.22. The van der Waals surface area contributed by atoms with E-state index in [0.29, 0.717) is 43.7 Å². The summed E-state index contributed by atoms with van der Waals surface area (Å²) in [6.45, 7) is 1.37. The number of carbonyl (C=O) groups excluding carboxylic acids is 1. The number of benzene rings is 4. The van der Waals surface area contributed by atoms with Crippen LogP contribution in [-0.4, -0.2) is 44.6 Å². The Kier molecular flexibility index (Phi) is 10.6. The first-order valence-electron chi connectivity index (χ1n) is 14.8. The van der Waals surface area contributed by atoms with E-state index in [2.05, 4.69) is 10.8 Å². The minimum Gasteiger partial charge on any atom is -0.490 e.